The first-order chi connectivity index (χ1) is 9.85. The molecule has 1 fully saturated rings. The molecular formula is C14H22N4OS. The first-order valence-electron chi connectivity index (χ1n) is 7.31. The van der Waals surface area contributed by atoms with Crippen LogP contribution >= 0.6 is 11.3 Å². The first kappa shape index (κ1) is 13.9. The fraction of sp³-hybridized carbons (Fsp3) is 0.643. The van der Waals surface area contributed by atoms with Gasteiger partial charge in [-0.1, -0.05) is 0 Å². The van der Waals surface area contributed by atoms with Gasteiger partial charge >= 0.3 is 0 Å². The molecule has 6 heteroatoms. The van der Waals surface area contributed by atoms with Crippen molar-refractivity contribution in [2.24, 2.45) is 0 Å². The van der Waals surface area contributed by atoms with E-state index in [1.165, 1.54) is 18.5 Å². The van der Waals surface area contributed by atoms with Crippen molar-refractivity contribution in [1.29, 1.82) is 0 Å². The molecule has 3 rings (SSSR count). The Balaban J connectivity index is 1.91. The second-order valence-electron chi connectivity index (χ2n) is 5.32. The van der Waals surface area contributed by atoms with Crippen LogP contribution in [0.15, 0.2) is 11.6 Å². The molecule has 2 aromatic heterocycles. The Kier molecular flexibility index (Phi) is 4.24. The molecule has 1 unspecified atom stereocenters. The third-order valence-electron chi connectivity index (χ3n) is 4.03. The zero-order chi connectivity index (χ0) is 13.9. The molecule has 0 aromatic carbocycles. The highest BCUT2D eigenvalue weighted by molar-refractivity contribution is 7.15. The number of fused-ring (bicyclic) bond motifs is 1. The molecule has 0 aliphatic carbocycles. The van der Waals surface area contributed by atoms with Crippen LogP contribution in [0.5, 0.6) is 0 Å². The van der Waals surface area contributed by atoms with Gasteiger partial charge in [-0.15, -0.1) is 11.3 Å². The van der Waals surface area contributed by atoms with Crippen molar-refractivity contribution in [3.63, 3.8) is 0 Å². The van der Waals surface area contributed by atoms with Gasteiger partial charge in [0.05, 0.1) is 5.69 Å². The second-order valence-corrected chi connectivity index (χ2v) is 6.20. The Morgan fingerprint density at radius 3 is 3.25 bits per heavy atom. The molecule has 3 heterocycles. The Hall–Kier alpha value is -1.11. The number of nitrogens with zero attached hydrogens (tertiary/aromatic N) is 3. The van der Waals surface area contributed by atoms with Crippen LogP contribution in [0.3, 0.4) is 0 Å². The van der Waals surface area contributed by atoms with Crippen molar-refractivity contribution in [2.75, 3.05) is 25.1 Å². The van der Waals surface area contributed by atoms with Crippen LogP contribution in [0, 0.1) is 0 Å². The van der Waals surface area contributed by atoms with Crippen LogP contribution in [-0.2, 0) is 6.54 Å². The van der Waals surface area contributed by atoms with E-state index in [0.717, 1.165) is 36.7 Å². The number of aliphatic hydroxyl groups excluding tert-OH is 1. The molecule has 0 spiro atoms. The maximum absolute atomic E-state index is 9.06. The molecule has 1 aliphatic heterocycles. The minimum absolute atomic E-state index is 0.284. The highest BCUT2D eigenvalue weighted by atomic mass is 32.1. The summed E-state index contributed by atoms with van der Waals surface area (Å²) in [5.74, 6) is 1.13. The summed E-state index contributed by atoms with van der Waals surface area (Å²) in [6, 6.07) is 0.530. The van der Waals surface area contributed by atoms with Crippen LogP contribution in [0.2, 0.25) is 0 Å². The zero-order valence-electron chi connectivity index (χ0n) is 11.9. The van der Waals surface area contributed by atoms with E-state index in [9.17, 15) is 0 Å². The van der Waals surface area contributed by atoms with Crippen LogP contribution in [0.4, 0.5) is 5.82 Å². The van der Waals surface area contributed by atoms with Crippen molar-refractivity contribution in [3.8, 4) is 0 Å². The largest absolute Gasteiger partial charge is 0.396 e. The fourth-order valence-electron chi connectivity index (χ4n) is 3.12. The zero-order valence-corrected chi connectivity index (χ0v) is 12.7. The number of hydrogen-bond acceptors (Lipinski definition) is 5. The molecule has 2 N–H and O–H groups in total. The summed E-state index contributed by atoms with van der Waals surface area (Å²) < 4.78 is 2.19. The number of thiazole rings is 1. The predicted molar refractivity (Wildman–Crippen MR) is 82.5 cm³/mol. The second kappa shape index (κ2) is 6.11. The molecular weight excluding hydrogens is 272 g/mol. The van der Waals surface area contributed by atoms with Crippen molar-refractivity contribution >= 4 is 22.1 Å². The number of hydrogen-bond donors (Lipinski definition) is 2. The monoisotopic (exact) mass is 294 g/mol. The average Bonchev–Trinajstić information content (AvgIpc) is 3.13. The third kappa shape index (κ3) is 2.43. The van der Waals surface area contributed by atoms with Crippen molar-refractivity contribution in [2.45, 2.75) is 38.3 Å². The molecule has 2 aromatic rings. The third-order valence-corrected chi connectivity index (χ3v) is 4.79. The molecule has 1 atom stereocenters. The Labute approximate surface area is 123 Å². The van der Waals surface area contributed by atoms with Crippen molar-refractivity contribution in [3.05, 3.63) is 17.3 Å². The molecule has 0 bridgehead atoms. The average molecular weight is 294 g/mol. The highest BCUT2D eigenvalue weighted by Gasteiger charge is 2.28. The van der Waals surface area contributed by atoms with E-state index in [1.54, 1.807) is 11.3 Å². The smallest absolute Gasteiger partial charge is 0.195 e. The maximum Gasteiger partial charge on any atom is 0.195 e. The summed E-state index contributed by atoms with van der Waals surface area (Å²) in [5.41, 5.74) is 1.25. The van der Waals surface area contributed by atoms with E-state index in [0.29, 0.717) is 6.04 Å². The molecule has 0 amide bonds. The minimum atomic E-state index is 0.284. The fourth-order valence-corrected chi connectivity index (χ4v) is 3.85. The number of aliphatic hydroxyl groups is 1. The standard InChI is InChI=1S/C14H22N4OS/c1-15-10-12-13(16-14-18(12)7-9-20-14)17-6-2-4-11(17)5-3-8-19/h7,9,11,15,19H,2-6,8,10H2,1H3. The normalized spacial score (nSPS) is 19.3. The molecule has 20 heavy (non-hydrogen) atoms. The molecule has 1 saturated heterocycles. The number of imidazole rings is 1. The quantitative estimate of drug-likeness (QED) is 0.854. The van der Waals surface area contributed by atoms with Gasteiger partial charge in [-0.3, -0.25) is 4.40 Å². The lowest BCUT2D eigenvalue weighted by molar-refractivity contribution is 0.279. The molecule has 0 saturated carbocycles. The molecule has 110 valence electrons. The van der Waals surface area contributed by atoms with Gasteiger partial charge in [-0.25, -0.2) is 4.98 Å². The van der Waals surface area contributed by atoms with Crippen LogP contribution in [-0.4, -0.2) is 40.7 Å². The minimum Gasteiger partial charge on any atom is -0.396 e. The van der Waals surface area contributed by atoms with E-state index in [4.69, 9.17) is 10.1 Å². The van der Waals surface area contributed by atoms with E-state index >= 15 is 0 Å². The Morgan fingerprint density at radius 1 is 1.55 bits per heavy atom. The van der Waals surface area contributed by atoms with Crippen molar-refractivity contribution in [1.82, 2.24) is 14.7 Å². The lowest BCUT2D eigenvalue weighted by atomic mass is 10.1. The van der Waals surface area contributed by atoms with Gasteiger partial charge in [0.2, 0.25) is 0 Å². The van der Waals surface area contributed by atoms with Gasteiger partial charge in [0, 0.05) is 37.3 Å². The van der Waals surface area contributed by atoms with Crippen LogP contribution < -0.4 is 10.2 Å². The molecule has 0 radical (unpaired) electrons. The van der Waals surface area contributed by atoms with Gasteiger partial charge < -0.3 is 15.3 Å². The van der Waals surface area contributed by atoms with E-state index in [1.807, 2.05) is 7.05 Å². The maximum atomic E-state index is 9.06. The summed E-state index contributed by atoms with van der Waals surface area (Å²) >= 11 is 1.68. The summed E-state index contributed by atoms with van der Waals surface area (Å²) in [6.45, 7) is 2.19. The van der Waals surface area contributed by atoms with Gasteiger partial charge in [0.25, 0.3) is 0 Å². The summed E-state index contributed by atoms with van der Waals surface area (Å²) in [5, 5.41) is 14.4. The van der Waals surface area contributed by atoms with Gasteiger partial charge in [-0.05, 0) is 32.7 Å². The first-order valence-corrected chi connectivity index (χ1v) is 8.19. The summed E-state index contributed by atoms with van der Waals surface area (Å²) in [4.78, 5) is 8.35. The summed E-state index contributed by atoms with van der Waals surface area (Å²) in [6.07, 6.45) is 6.47. The van der Waals surface area contributed by atoms with E-state index < -0.39 is 0 Å². The van der Waals surface area contributed by atoms with E-state index in [2.05, 4.69) is 26.2 Å². The van der Waals surface area contributed by atoms with E-state index in [-0.39, 0.29) is 6.61 Å². The van der Waals surface area contributed by atoms with Crippen LogP contribution in [0.1, 0.15) is 31.4 Å². The predicted octanol–water partition coefficient (Wildman–Crippen LogP) is 1.86. The van der Waals surface area contributed by atoms with Gasteiger partial charge in [-0.2, -0.15) is 0 Å². The highest BCUT2D eigenvalue weighted by Crippen LogP contribution is 2.32. The SMILES string of the molecule is CNCc1c(N2CCCC2CCCO)nc2sccn12. The van der Waals surface area contributed by atoms with Gasteiger partial charge in [0.1, 0.15) is 0 Å². The molecule has 1 aliphatic rings. The van der Waals surface area contributed by atoms with Crippen LogP contribution in [0.25, 0.3) is 4.96 Å². The van der Waals surface area contributed by atoms with Crippen molar-refractivity contribution < 1.29 is 5.11 Å². The van der Waals surface area contributed by atoms with Gasteiger partial charge in [0.15, 0.2) is 10.8 Å². The number of anilines is 1. The number of nitrogens with one attached hydrogen (secondary N) is 1. The Bertz CT molecular complexity index is 565. The molecule has 5 nitrogen and oxygen atoms in total. The summed E-state index contributed by atoms with van der Waals surface area (Å²) in [7, 11) is 1.97. The topological polar surface area (TPSA) is 52.8 Å². The number of aromatic nitrogens is 2. The Morgan fingerprint density at radius 2 is 2.45 bits per heavy atom. The lowest BCUT2D eigenvalue weighted by Gasteiger charge is -2.25. The lowest BCUT2D eigenvalue weighted by Crippen LogP contribution is -2.31. The number of rotatable bonds is 6.